The number of hydrogen-bond acceptors (Lipinski definition) is 3. The van der Waals surface area contributed by atoms with Gasteiger partial charge in [0, 0.05) is 18.7 Å². The van der Waals surface area contributed by atoms with Gasteiger partial charge in [0.05, 0.1) is 0 Å². The third-order valence-electron chi connectivity index (χ3n) is 5.10. The molecule has 0 unspecified atom stereocenters. The van der Waals surface area contributed by atoms with Crippen LogP contribution in [0.15, 0.2) is 59.4 Å². The highest BCUT2D eigenvalue weighted by atomic mass is 16.2. The summed E-state index contributed by atoms with van der Waals surface area (Å²) in [4.78, 5) is 25.1. The molecule has 144 valence electrons. The van der Waals surface area contributed by atoms with Crippen molar-refractivity contribution in [1.82, 2.24) is 14.3 Å². The van der Waals surface area contributed by atoms with E-state index < -0.39 is 0 Å². The van der Waals surface area contributed by atoms with E-state index in [0.717, 1.165) is 49.2 Å². The van der Waals surface area contributed by atoms with Crippen molar-refractivity contribution in [3.63, 3.8) is 0 Å². The van der Waals surface area contributed by atoms with Crippen LogP contribution >= 0.6 is 0 Å². The van der Waals surface area contributed by atoms with Crippen LogP contribution in [0.25, 0.3) is 0 Å². The molecule has 0 atom stereocenters. The molecule has 2 aromatic carbocycles. The summed E-state index contributed by atoms with van der Waals surface area (Å²) in [5.41, 5.74) is 2.79. The molecule has 1 N–H and O–H groups in total. The van der Waals surface area contributed by atoms with Crippen LogP contribution in [0.5, 0.6) is 0 Å². The molecule has 6 nitrogen and oxygen atoms in total. The summed E-state index contributed by atoms with van der Waals surface area (Å²) < 4.78 is 3.00. The number of amides is 1. The van der Waals surface area contributed by atoms with Gasteiger partial charge < -0.3 is 5.32 Å². The standard InChI is InChI=1S/C22H24N4O2/c27-21(16-26-22(28)25-14-8-2-5-13-20(25)24-26)23-19-12-7-6-11-18(19)15-17-9-3-1-4-10-17/h1,3-4,6-7,9-12H,2,5,8,13-16H2,(H,23,27). The zero-order chi connectivity index (χ0) is 19.3. The molecule has 1 aliphatic heterocycles. The van der Waals surface area contributed by atoms with Gasteiger partial charge in [-0.2, -0.15) is 5.10 Å². The molecule has 0 bridgehead atoms. The third-order valence-corrected chi connectivity index (χ3v) is 5.10. The summed E-state index contributed by atoms with van der Waals surface area (Å²) in [6, 6.07) is 17.9. The van der Waals surface area contributed by atoms with Gasteiger partial charge in [0.25, 0.3) is 0 Å². The lowest BCUT2D eigenvalue weighted by atomic mass is 10.0. The summed E-state index contributed by atoms with van der Waals surface area (Å²) in [7, 11) is 0. The molecule has 0 aliphatic carbocycles. The number of aryl methyl sites for hydroxylation is 1. The Morgan fingerprint density at radius 1 is 1.00 bits per heavy atom. The molecule has 1 aromatic heterocycles. The van der Waals surface area contributed by atoms with Gasteiger partial charge in [0.15, 0.2) is 0 Å². The Kier molecular flexibility index (Phi) is 5.37. The van der Waals surface area contributed by atoms with Crippen LogP contribution in [-0.2, 0) is 30.7 Å². The summed E-state index contributed by atoms with van der Waals surface area (Å²) in [6.45, 7) is 0.619. The SMILES string of the molecule is O=C(Cn1nc2n(c1=O)CCCCC2)Nc1ccccc1Cc1ccccc1. The predicted octanol–water partition coefficient (Wildman–Crippen LogP) is 3.00. The summed E-state index contributed by atoms with van der Waals surface area (Å²) >= 11 is 0. The Balaban J connectivity index is 1.48. The maximum absolute atomic E-state index is 12.6. The number of hydrogen-bond donors (Lipinski definition) is 1. The van der Waals surface area contributed by atoms with E-state index in [1.807, 2.05) is 42.5 Å². The molecule has 3 aromatic rings. The van der Waals surface area contributed by atoms with Crippen molar-refractivity contribution in [3.05, 3.63) is 82.0 Å². The van der Waals surface area contributed by atoms with Crippen LogP contribution in [0.3, 0.4) is 0 Å². The molecule has 6 heteroatoms. The number of nitrogens with zero attached hydrogens (tertiary/aromatic N) is 3. The number of rotatable bonds is 5. The van der Waals surface area contributed by atoms with E-state index in [-0.39, 0.29) is 18.1 Å². The molecule has 0 radical (unpaired) electrons. The summed E-state index contributed by atoms with van der Waals surface area (Å²) in [6.07, 6.45) is 4.66. The maximum atomic E-state index is 12.6. The van der Waals surface area contributed by atoms with Gasteiger partial charge in [-0.05, 0) is 36.5 Å². The van der Waals surface area contributed by atoms with E-state index in [9.17, 15) is 9.59 Å². The molecule has 0 fully saturated rings. The molecular formula is C22H24N4O2. The largest absolute Gasteiger partial charge is 0.346 e. The fraction of sp³-hybridized carbons (Fsp3) is 0.318. The molecule has 28 heavy (non-hydrogen) atoms. The van der Waals surface area contributed by atoms with Crippen molar-refractivity contribution in [3.8, 4) is 0 Å². The molecule has 0 spiro atoms. The normalized spacial score (nSPS) is 13.6. The average molecular weight is 376 g/mol. The van der Waals surface area contributed by atoms with E-state index in [2.05, 4.69) is 22.5 Å². The summed E-state index contributed by atoms with van der Waals surface area (Å²) in [5.74, 6) is 0.552. The first kappa shape index (κ1) is 18.2. The zero-order valence-corrected chi connectivity index (χ0v) is 15.8. The number of benzene rings is 2. The van der Waals surface area contributed by atoms with Gasteiger partial charge in [-0.3, -0.25) is 9.36 Å². The van der Waals surface area contributed by atoms with Crippen molar-refractivity contribution >= 4 is 11.6 Å². The quantitative estimate of drug-likeness (QED) is 0.744. The van der Waals surface area contributed by atoms with Crippen molar-refractivity contribution < 1.29 is 4.79 Å². The maximum Gasteiger partial charge on any atom is 0.346 e. The van der Waals surface area contributed by atoms with Crippen molar-refractivity contribution in [2.24, 2.45) is 0 Å². The Hall–Kier alpha value is -3.15. The van der Waals surface area contributed by atoms with Gasteiger partial charge in [-0.25, -0.2) is 9.48 Å². The molecule has 0 saturated carbocycles. The van der Waals surface area contributed by atoms with Crippen molar-refractivity contribution in [1.29, 1.82) is 0 Å². The smallest absolute Gasteiger partial charge is 0.324 e. The minimum Gasteiger partial charge on any atom is -0.324 e. The lowest BCUT2D eigenvalue weighted by molar-refractivity contribution is -0.117. The molecule has 1 amide bonds. The second kappa shape index (κ2) is 8.25. The topological polar surface area (TPSA) is 68.9 Å². The van der Waals surface area contributed by atoms with Gasteiger partial charge in [0.1, 0.15) is 12.4 Å². The van der Waals surface area contributed by atoms with Crippen molar-refractivity contribution in [2.75, 3.05) is 5.32 Å². The van der Waals surface area contributed by atoms with Gasteiger partial charge in [-0.1, -0.05) is 55.0 Å². The fourth-order valence-electron chi connectivity index (χ4n) is 3.67. The number of carbonyl (C=O) groups is 1. The number of carbonyl (C=O) groups excluding carboxylic acids is 1. The van der Waals surface area contributed by atoms with E-state index in [1.165, 1.54) is 10.2 Å². The van der Waals surface area contributed by atoms with Crippen LogP contribution in [0.2, 0.25) is 0 Å². The average Bonchev–Trinajstić information content (AvgIpc) is 2.86. The molecule has 0 saturated heterocycles. The second-order valence-electron chi connectivity index (χ2n) is 7.19. The monoisotopic (exact) mass is 376 g/mol. The Morgan fingerprint density at radius 2 is 1.79 bits per heavy atom. The highest BCUT2D eigenvalue weighted by Gasteiger charge is 2.17. The second-order valence-corrected chi connectivity index (χ2v) is 7.19. The van der Waals surface area contributed by atoms with E-state index in [0.29, 0.717) is 6.54 Å². The van der Waals surface area contributed by atoms with Crippen LogP contribution in [0, 0.1) is 0 Å². The number of anilines is 1. The van der Waals surface area contributed by atoms with Crippen LogP contribution in [-0.4, -0.2) is 20.3 Å². The predicted molar refractivity (Wildman–Crippen MR) is 108 cm³/mol. The number of aromatic nitrogens is 3. The highest BCUT2D eigenvalue weighted by Crippen LogP contribution is 2.19. The third kappa shape index (κ3) is 4.06. The zero-order valence-electron chi connectivity index (χ0n) is 15.8. The minimum atomic E-state index is -0.240. The first-order chi connectivity index (χ1) is 13.7. The first-order valence-electron chi connectivity index (χ1n) is 9.79. The molecule has 1 aliphatic rings. The molecule has 2 heterocycles. The van der Waals surface area contributed by atoms with Crippen LogP contribution in [0.1, 0.15) is 36.2 Å². The Bertz CT molecular complexity index is 1020. The fourth-order valence-corrected chi connectivity index (χ4v) is 3.67. The Morgan fingerprint density at radius 3 is 2.64 bits per heavy atom. The minimum absolute atomic E-state index is 0.0709. The lowest BCUT2D eigenvalue weighted by Crippen LogP contribution is -2.30. The van der Waals surface area contributed by atoms with Crippen LogP contribution in [0.4, 0.5) is 5.69 Å². The number of nitrogens with one attached hydrogen (secondary N) is 1. The number of fused-ring (bicyclic) bond motifs is 1. The van der Waals surface area contributed by atoms with E-state index in [4.69, 9.17) is 0 Å². The Labute approximate surface area is 163 Å². The van der Waals surface area contributed by atoms with Crippen molar-refractivity contribution in [2.45, 2.75) is 45.2 Å². The highest BCUT2D eigenvalue weighted by molar-refractivity contribution is 5.91. The molecular weight excluding hydrogens is 352 g/mol. The van der Waals surface area contributed by atoms with E-state index >= 15 is 0 Å². The summed E-state index contributed by atoms with van der Waals surface area (Å²) in [5, 5.41) is 7.34. The lowest BCUT2D eigenvalue weighted by Gasteiger charge is -2.11. The molecule has 4 rings (SSSR count). The van der Waals surface area contributed by atoms with Gasteiger partial charge in [-0.15, -0.1) is 0 Å². The first-order valence-corrected chi connectivity index (χ1v) is 9.79. The van der Waals surface area contributed by atoms with Crippen LogP contribution < -0.4 is 11.0 Å². The van der Waals surface area contributed by atoms with E-state index in [1.54, 1.807) is 4.57 Å². The van der Waals surface area contributed by atoms with Gasteiger partial charge >= 0.3 is 5.69 Å². The van der Waals surface area contributed by atoms with Gasteiger partial charge in [0.2, 0.25) is 5.91 Å². The number of para-hydroxylation sites is 1.